The number of anilines is 1. The maximum Gasteiger partial charge on any atom is 0.255 e. The van der Waals surface area contributed by atoms with Crippen LogP contribution in [0.5, 0.6) is 0 Å². The average molecular weight is 456 g/mol. The molecule has 1 aliphatic carbocycles. The van der Waals surface area contributed by atoms with E-state index in [1.54, 1.807) is 18.2 Å². The van der Waals surface area contributed by atoms with Crippen LogP contribution in [-0.2, 0) is 23.1 Å². The molecule has 9 heteroatoms. The van der Waals surface area contributed by atoms with Crippen LogP contribution in [0, 0.1) is 5.82 Å². The van der Waals surface area contributed by atoms with Crippen molar-refractivity contribution in [3.05, 3.63) is 63.5 Å². The van der Waals surface area contributed by atoms with Crippen molar-refractivity contribution in [2.75, 3.05) is 11.1 Å². The quantitative estimate of drug-likeness (QED) is 0.567. The number of hydrogen-bond acceptors (Lipinski definition) is 5. The molecule has 0 fully saturated rings. The highest BCUT2D eigenvalue weighted by atomic mass is 32.2. The number of carbonyl (C=O) groups excluding carboxylic acids is 1. The van der Waals surface area contributed by atoms with E-state index >= 15 is 0 Å². The lowest BCUT2D eigenvalue weighted by molar-refractivity contribution is -0.113. The fourth-order valence-electron chi connectivity index (χ4n) is 3.55. The molecule has 0 saturated carbocycles. The van der Waals surface area contributed by atoms with E-state index < -0.39 is 0 Å². The SMILES string of the molecule is CC(C)(C)c1cc(NC(=O)CSc2ccc(F)cc2)n(-c2nc3c(c(=O)[nH]2)CCCC3)n1. The smallest absolute Gasteiger partial charge is 0.255 e. The topological polar surface area (TPSA) is 92.7 Å². The number of H-pyrrole nitrogens is 1. The zero-order valence-electron chi connectivity index (χ0n) is 18.4. The van der Waals surface area contributed by atoms with Crippen LogP contribution in [0.2, 0.25) is 0 Å². The van der Waals surface area contributed by atoms with Gasteiger partial charge in [-0.1, -0.05) is 20.8 Å². The first-order chi connectivity index (χ1) is 15.2. The first kappa shape index (κ1) is 22.3. The molecule has 1 aliphatic rings. The number of aromatic nitrogens is 4. The predicted octanol–water partition coefficient (Wildman–Crippen LogP) is 4.00. The Balaban J connectivity index is 1.61. The minimum absolute atomic E-state index is 0.149. The Morgan fingerprint density at radius 2 is 1.94 bits per heavy atom. The van der Waals surface area contributed by atoms with Crippen LogP contribution >= 0.6 is 11.8 Å². The highest BCUT2D eigenvalue weighted by Gasteiger charge is 2.24. The third-order valence-corrected chi connectivity index (χ3v) is 6.32. The van der Waals surface area contributed by atoms with E-state index in [0.717, 1.165) is 47.5 Å². The lowest BCUT2D eigenvalue weighted by Crippen LogP contribution is -2.25. The predicted molar refractivity (Wildman–Crippen MR) is 123 cm³/mol. The first-order valence-electron chi connectivity index (χ1n) is 10.6. The molecule has 2 aromatic heterocycles. The van der Waals surface area contributed by atoms with Gasteiger partial charge in [0.25, 0.3) is 5.56 Å². The molecule has 32 heavy (non-hydrogen) atoms. The summed E-state index contributed by atoms with van der Waals surface area (Å²) in [5.74, 6) is 0.340. The van der Waals surface area contributed by atoms with E-state index in [1.165, 1.54) is 28.6 Å². The molecular formula is C23H26FN5O2S. The van der Waals surface area contributed by atoms with Crippen LogP contribution in [-0.4, -0.2) is 31.4 Å². The van der Waals surface area contributed by atoms with E-state index in [1.807, 2.05) is 20.8 Å². The molecule has 4 rings (SSSR count). The number of thioether (sulfide) groups is 1. The monoisotopic (exact) mass is 455 g/mol. The second kappa shape index (κ2) is 8.90. The normalized spacial score (nSPS) is 13.6. The van der Waals surface area contributed by atoms with Crippen molar-refractivity contribution in [1.29, 1.82) is 0 Å². The van der Waals surface area contributed by atoms with Crippen molar-refractivity contribution < 1.29 is 9.18 Å². The zero-order chi connectivity index (χ0) is 22.9. The molecule has 2 N–H and O–H groups in total. The number of fused-ring (bicyclic) bond motifs is 1. The highest BCUT2D eigenvalue weighted by molar-refractivity contribution is 8.00. The molecule has 1 aromatic carbocycles. The number of hydrogen-bond donors (Lipinski definition) is 2. The maximum atomic E-state index is 13.1. The van der Waals surface area contributed by atoms with E-state index in [-0.39, 0.29) is 28.5 Å². The third kappa shape index (κ3) is 4.93. The summed E-state index contributed by atoms with van der Waals surface area (Å²) in [7, 11) is 0. The minimum Gasteiger partial charge on any atom is -0.310 e. The number of rotatable bonds is 5. The Morgan fingerprint density at radius 3 is 2.66 bits per heavy atom. The fraction of sp³-hybridized carbons (Fsp3) is 0.391. The number of nitrogens with one attached hydrogen (secondary N) is 2. The van der Waals surface area contributed by atoms with Crippen LogP contribution in [0.3, 0.4) is 0 Å². The summed E-state index contributed by atoms with van der Waals surface area (Å²) < 4.78 is 14.6. The lowest BCUT2D eigenvalue weighted by atomic mass is 9.92. The number of nitrogens with zero attached hydrogens (tertiary/aromatic N) is 3. The molecule has 168 valence electrons. The molecule has 0 spiro atoms. The van der Waals surface area contributed by atoms with Gasteiger partial charge < -0.3 is 5.32 Å². The van der Waals surface area contributed by atoms with Gasteiger partial charge in [0, 0.05) is 21.9 Å². The fourth-order valence-corrected chi connectivity index (χ4v) is 4.25. The summed E-state index contributed by atoms with van der Waals surface area (Å²) in [5, 5.41) is 7.53. The van der Waals surface area contributed by atoms with Crippen LogP contribution in [0.15, 0.2) is 40.0 Å². The van der Waals surface area contributed by atoms with Crippen LogP contribution in [0.4, 0.5) is 10.2 Å². The highest BCUT2D eigenvalue weighted by Crippen LogP contribution is 2.26. The van der Waals surface area contributed by atoms with Gasteiger partial charge in [0.1, 0.15) is 11.6 Å². The van der Waals surface area contributed by atoms with Gasteiger partial charge in [-0.05, 0) is 49.9 Å². The second-order valence-corrected chi connectivity index (χ2v) is 9.94. The molecule has 7 nitrogen and oxygen atoms in total. The van der Waals surface area contributed by atoms with E-state index in [9.17, 15) is 14.0 Å². The minimum atomic E-state index is -0.316. The van der Waals surface area contributed by atoms with Gasteiger partial charge in [0.05, 0.1) is 17.1 Å². The molecule has 0 saturated heterocycles. The largest absolute Gasteiger partial charge is 0.310 e. The molecule has 2 heterocycles. The van der Waals surface area contributed by atoms with Crippen LogP contribution in [0.1, 0.15) is 50.6 Å². The first-order valence-corrected chi connectivity index (χ1v) is 11.6. The van der Waals surface area contributed by atoms with Crippen molar-refractivity contribution in [1.82, 2.24) is 19.7 Å². The van der Waals surface area contributed by atoms with Crippen molar-refractivity contribution in [3.8, 4) is 5.95 Å². The van der Waals surface area contributed by atoms with Crippen molar-refractivity contribution in [2.45, 2.75) is 56.8 Å². The number of aryl methyl sites for hydroxylation is 1. The van der Waals surface area contributed by atoms with E-state index in [2.05, 4.69) is 20.4 Å². The molecule has 0 bridgehead atoms. The van der Waals surface area contributed by atoms with Gasteiger partial charge in [-0.15, -0.1) is 11.8 Å². The van der Waals surface area contributed by atoms with Gasteiger partial charge >= 0.3 is 0 Å². The molecular weight excluding hydrogens is 429 g/mol. The zero-order valence-corrected chi connectivity index (χ0v) is 19.2. The van der Waals surface area contributed by atoms with Gasteiger partial charge in [-0.25, -0.2) is 9.37 Å². The molecule has 1 amide bonds. The van der Waals surface area contributed by atoms with E-state index in [4.69, 9.17) is 0 Å². The Bertz CT molecular complexity index is 1190. The summed E-state index contributed by atoms with van der Waals surface area (Å²) in [4.78, 5) is 33.6. The number of aromatic amines is 1. The number of amides is 1. The van der Waals surface area contributed by atoms with Gasteiger partial charge in [0.15, 0.2) is 0 Å². The summed E-state index contributed by atoms with van der Waals surface area (Å²) in [6.07, 6.45) is 3.48. The van der Waals surface area contributed by atoms with Gasteiger partial charge in [0.2, 0.25) is 11.9 Å². The number of benzene rings is 1. The summed E-state index contributed by atoms with van der Waals surface area (Å²) in [5.41, 5.74) is 1.89. The Labute approximate surface area is 189 Å². The van der Waals surface area contributed by atoms with Crippen molar-refractivity contribution in [2.24, 2.45) is 0 Å². The van der Waals surface area contributed by atoms with Crippen molar-refractivity contribution >= 4 is 23.5 Å². The van der Waals surface area contributed by atoms with E-state index in [0.29, 0.717) is 11.8 Å². The van der Waals surface area contributed by atoms with Crippen LogP contribution in [0.25, 0.3) is 5.95 Å². The third-order valence-electron chi connectivity index (χ3n) is 5.31. The van der Waals surface area contributed by atoms with Crippen LogP contribution < -0.4 is 10.9 Å². The number of carbonyl (C=O) groups is 1. The molecule has 0 aliphatic heterocycles. The Kier molecular flexibility index (Phi) is 6.19. The summed E-state index contributed by atoms with van der Waals surface area (Å²) in [6, 6.07) is 7.81. The molecule has 0 unspecified atom stereocenters. The number of halogens is 1. The second-order valence-electron chi connectivity index (χ2n) is 8.89. The molecule has 3 aromatic rings. The van der Waals surface area contributed by atoms with Gasteiger partial charge in [-0.2, -0.15) is 9.78 Å². The summed E-state index contributed by atoms with van der Waals surface area (Å²) >= 11 is 1.31. The molecule has 0 atom stereocenters. The average Bonchev–Trinajstić information content (AvgIpc) is 3.17. The summed E-state index contributed by atoms with van der Waals surface area (Å²) in [6.45, 7) is 6.08. The molecule has 0 radical (unpaired) electrons. The lowest BCUT2D eigenvalue weighted by Gasteiger charge is -2.16. The Hall–Kier alpha value is -2.94. The standard InChI is InChI=1S/C23H26FN5O2S/c1-23(2,3)18-12-19(26-20(30)13-32-15-10-8-14(24)9-11-15)29(28-18)22-25-17-7-5-4-6-16(17)21(31)27-22/h8-12H,4-7,13H2,1-3H3,(H,26,30)(H,25,27,31). The van der Waals surface area contributed by atoms with Crippen molar-refractivity contribution in [3.63, 3.8) is 0 Å². The van der Waals surface area contributed by atoms with Gasteiger partial charge in [-0.3, -0.25) is 14.6 Å². The maximum absolute atomic E-state index is 13.1. The Morgan fingerprint density at radius 1 is 1.22 bits per heavy atom.